The molecule has 4 heteroatoms. The molecule has 2 heterocycles. The maximum absolute atomic E-state index is 4.87. The lowest BCUT2D eigenvalue weighted by Gasteiger charge is -2.23. The van der Waals surface area contributed by atoms with Gasteiger partial charge in [-0.2, -0.15) is 4.98 Å². The number of anilines is 2. The summed E-state index contributed by atoms with van der Waals surface area (Å²) in [5.74, 6) is 2.56. The van der Waals surface area contributed by atoms with E-state index in [0.29, 0.717) is 5.92 Å². The number of nitrogens with zero attached hydrogens (tertiary/aromatic N) is 3. The van der Waals surface area contributed by atoms with Gasteiger partial charge in [-0.3, -0.25) is 0 Å². The van der Waals surface area contributed by atoms with Crippen LogP contribution in [0.25, 0.3) is 10.9 Å². The zero-order valence-corrected chi connectivity index (χ0v) is 14.4. The Morgan fingerprint density at radius 1 is 1.04 bits per heavy atom. The summed E-state index contributed by atoms with van der Waals surface area (Å²) in [4.78, 5) is 12.0. The van der Waals surface area contributed by atoms with Gasteiger partial charge in [0.1, 0.15) is 5.82 Å². The van der Waals surface area contributed by atoms with Gasteiger partial charge in [0.15, 0.2) is 0 Å². The maximum Gasteiger partial charge on any atom is 0.225 e. The summed E-state index contributed by atoms with van der Waals surface area (Å²) < 4.78 is 0. The third-order valence-corrected chi connectivity index (χ3v) is 4.49. The van der Waals surface area contributed by atoms with Gasteiger partial charge in [0.05, 0.1) is 5.52 Å². The first-order valence-electron chi connectivity index (χ1n) is 8.99. The van der Waals surface area contributed by atoms with E-state index in [-0.39, 0.29) is 0 Å². The highest BCUT2D eigenvalue weighted by molar-refractivity contribution is 5.90. The highest BCUT2D eigenvalue weighted by Crippen LogP contribution is 2.27. The van der Waals surface area contributed by atoms with Crippen molar-refractivity contribution in [3.8, 4) is 0 Å². The number of rotatable bonds is 5. The third-order valence-electron chi connectivity index (χ3n) is 4.49. The molecule has 0 aliphatic carbocycles. The molecule has 0 radical (unpaired) electrons. The van der Waals surface area contributed by atoms with Gasteiger partial charge in [0.2, 0.25) is 5.95 Å². The van der Waals surface area contributed by atoms with E-state index in [2.05, 4.69) is 48.3 Å². The molecule has 3 rings (SSSR count). The van der Waals surface area contributed by atoms with Crippen molar-refractivity contribution in [2.45, 2.75) is 46.0 Å². The molecule has 1 aliphatic rings. The Balaban J connectivity index is 1.90. The fraction of sp³-hybridized carbons (Fsp3) is 0.579. The second-order valence-electron chi connectivity index (χ2n) is 6.90. The standard InChI is InChI=1S/C19H28N4/c1-15(2)11-12-20-19-21-17-10-6-5-9-16(17)18(22-19)23-13-7-3-4-8-14-23/h5-6,9-10,15H,3-4,7-8,11-14H2,1-2H3,(H,20,21,22). The molecule has 23 heavy (non-hydrogen) atoms. The molecule has 1 aliphatic heterocycles. The number of fused-ring (bicyclic) bond motifs is 1. The molecule has 0 atom stereocenters. The van der Waals surface area contributed by atoms with Gasteiger partial charge < -0.3 is 10.2 Å². The Labute approximate surface area is 139 Å². The van der Waals surface area contributed by atoms with Crippen molar-refractivity contribution >= 4 is 22.7 Å². The van der Waals surface area contributed by atoms with Crippen molar-refractivity contribution in [1.82, 2.24) is 9.97 Å². The van der Waals surface area contributed by atoms with Gasteiger partial charge in [-0.15, -0.1) is 0 Å². The van der Waals surface area contributed by atoms with Crippen LogP contribution < -0.4 is 10.2 Å². The van der Waals surface area contributed by atoms with Crippen LogP contribution in [0, 0.1) is 5.92 Å². The lowest BCUT2D eigenvalue weighted by molar-refractivity contribution is 0.606. The zero-order valence-electron chi connectivity index (χ0n) is 14.4. The average Bonchev–Trinajstić information content (AvgIpc) is 2.83. The smallest absolute Gasteiger partial charge is 0.225 e. The van der Waals surface area contributed by atoms with Crippen LogP contribution in [0.4, 0.5) is 11.8 Å². The van der Waals surface area contributed by atoms with Crippen molar-refractivity contribution in [2.75, 3.05) is 29.9 Å². The molecule has 0 spiro atoms. The monoisotopic (exact) mass is 312 g/mol. The first kappa shape index (κ1) is 16.0. The molecule has 0 unspecified atom stereocenters. The Bertz CT molecular complexity index is 630. The SMILES string of the molecule is CC(C)CCNc1nc(N2CCCCCC2)c2ccccc2n1. The largest absolute Gasteiger partial charge is 0.356 e. The van der Waals surface area contributed by atoms with Gasteiger partial charge in [-0.1, -0.05) is 38.8 Å². The van der Waals surface area contributed by atoms with Gasteiger partial charge in [0, 0.05) is 25.0 Å². The van der Waals surface area contributed by atoms with Gasteiger partial charge in [-0.25, -0.2) is 4.98 Å². The number of aromatic nitrogens is 2. The van der Waals surface area contributed by atoms with Crippen LogP contribution in [0.1, 0.15) is 46.0 Å². The molecule has 1 aromatic heterocycles. The van der Waals surface area contributed by atoms with E-state index in [1.807, 2.05) is 0 Å². The van der Waals surface area contributed by atoms with E-state index >= 15 is 0 Å². The van der Waals surface area contributed by atoms with Crippen LogP contribution in [-0.4, -0.2) is 29.6 Å². The minimum atomic E-state index is 0.688. The number of hydrogen-bond acceptors (Lipinski definition) is 4. The Morgan fingerprint density at radius 3 is 2.52 bits per heavy atom. The molecule has 4 nitrogen and oxygen atoms in total. The maximum atomic E-state index is 4.87. The molecule has 0 bridgehead atoms. The molecule has 1 saturated heterocycles. The van der Waals surface area contributed by atoms with Crippen LogP contribution in [-0.2, 0) is 0 Å². The summed E-state index contributed by atoms with van der Waals surface area (Å²) in [6.07, 6.45) is 6.32. The van der Waals surface area contributed by atoms with E-state index < -0.39 is 0 Å². The minimum Gasteiger partial charge on any atom is -0.356 e. The Morgan fingerprint density at radius 2 is 1.78 bits per heavy atom. The topological polar surface area (TPSA) is 41.1 Å². The summed E-state index contributed by atoms with van der Waals surface area (Å²) >= 11 is 0. The molecule has 1 fully saturated rings. The summed E-state index contributed by atoms with van der Waals surface area (Å²) in [5, 5.41) is 4.58. The molecule has 124 valence electrons. The summed E-state index contributed by atoms with van der Waals surface area (Å²) in [6.45, 7) is 7.62. The van der Waals surface area contributed by atoms with E-state index in [1.165, 1.54) is 31.1 Å². The van der Waals surface area contributed by atoms with Crippen molar-refractivity contribution < 1.29 is 0 Å². The first-order valence-corrected chi connectivity index (χ1v) is 8.99. The Hall–Kier alpha value is -1.84. The molecule has 0 amide bonds. The second kappa shape index (κ2) is 7.62. The van der Waals surface area contributed by atoms with Gasteiger partial charge in [0.25, 0.3) is 0 Å². The van der Waals surface area contributed by atoms with Crippen LogP contribution in [0.15, 0.2) is 24.3 Å². The highest BCUT2D eigenvalue weighted by Gasteiger charge is 2.16. The van der Waals surface area contributed by atoms with Gasteiger partial charge >= 0.3 is 0 Å². The van der Waals surface area contributed by atoms with Crippen LogP contribution in [0.2, 0.25) is 0 Å². The second-order valence-corrected chi connectivity index (χ2v) is 6.90. The fourth-order valence-corrected chi connectivity index (χ4v) is 3.14. The van der Waals surface area contributed by atoms with Crippen molar-refractivity contribution in [2.24, 2.45) is 5.92 Å². The summed E-state index contributed by atoms with van der Waals surface area (Å²) in [6, 6.07) is 8.37. The van der Waals surface area contributed by atoms with Crippen LogP contribution in [0.5, 0.6) is 0 Å². The number of benzene rings is 1. The normalized spacial score (nSPS) is 15.9. The van der Waals surface area contributed by atoms with Crippen LogP contribution in [0.3, 0.4) is 0 Å². The first-order chi connectivity index (χ1) is 11.2. The molecule has 0 saturated carbocycles. The summed E-state index contributed by atoms with van der Waals surface area (Å²) in [7, 11) is 0. The quantitative estimate of drug-likeness (QED) is 0.884. The minimum absolute atomic E-state index is 0.688. The molecule has 2 aromatic rings. The van der Waals surface area contributed by atoms with E-state index in [0.717, 1.165) is 43.3 Å². The average molecular weight is 312 g/mol. The molecular formula is C19H28N4. The van der Waals surface area contributed by atoms with E-state index in [9.17, 15) is 0 Å². The Kier molecular flexibility index (Phi) is 5.31. The number of nitrogens with one attached hydrogen (secondary N) is 1. The zero-order chi connectivity index (χ0) is 16.1. The number of para-hydroxylation sites is 1. The molecule has 1 N–H and O–H groups in total. The van der Waals surface area contributed by atoms with E-state index in [1.54, 1.807) is 0 Å². The number of hydrogen-bond donors (Lipinski definition) is 1. The molecule has 1 aromatic carbocycles. The van der Waals surface area contributed by atoms with Crippen LogP contribution >= 0.6 is 0 Å². The summed E-state index contributed by atoms with van der Waals surface area (Å²) in [5.41, 5.74) is 1.04. The lowest BCUT2D eigenvalue weighted by Crippen LogP contribution is -2.25. The van der Waals surface area contributed by atoms with Crippen molar-refractivity contribution in [3.05, 3.63) is 24.3 Å². The van der Waals surface area contributed by atoms with Gasteiger partial charge in [-0.05, 0) is 37.3 Å². The third kappa shape index (κ3) is 4.12. The fourth-order valence-electron chi connectivity index (χ4n) is 3.14. The van der Waals surface area contributed by atoms with E-state index in [4.69, 9.17) is 9.97 Å². The lowest BCUT2D eigenvalue weighted by atomic mass is 10.1. The molecular weight excluding hydrogens is 284 g/mol. The predicted molar refractivity (Wildman–Crippen MR) is 98.2 cm³/mol. The van der Waals surface area contributed by atoms with Crippen molar-refractivity contribution in [1.29, 1.82) is 0 Å². The highest BCUT2D eigenvalue weighted by atomic mass is 15.2. The predicted octanol–water partition coefficient (Wildman–Crippen LogP) is 4.47. The van der Waals surface area contributed by atoms with Crippen molar-refractivity contribution in [3.63, 3.8) is 0 Å².